The summed E-state index contributed by atoms with van der Waals surface area (Å²) < 4.78 is 5.15. The van der Waals surface area contributed by atoms with Gasteiger partial charge in [0.25, 0.3) is 5.91 Å². The zero-order valence-corrected chi connectivity index (χ0v) is 17.6. The van der Waals surface area contributed by atoms with Gasteiger partial charge >= 0.3 is 5.97 Å². The van der Waals surface area contributed by atoms with Gasteiger partial charge in [0, 0.05) is 11.4 Å². The van der Waals surface area contributed by atoms with Gasteiger partial charge in [-0.05, 0) is 42.9 Å². The third-order valence-corrected chi connectivity index (χ3v) is 6.54. The summed E-state index contributed by atoms with van der Waals surface area (Å²) >= 11 is 1.33. The lowest BCUT2D eigenvalue weighted by molar-refractivity contribution is -0.146. The summed E-state index contributed by atoms with van der Waals surface area (Å²) in [5, 5.41) is 4.91. The van der Waals surface area contributed by atoms with Gasteiger partial charge in [0.2, 0.25) is 0 Å². The van der Waals surface area contributed by atoms with E-state index in [4.69, 9.17) is 4.74 Å². The zero-order chi connectivity index (χ0) is 20.1. The number of pyridine rings is 1. The SMILES string of the molecule is Cc1cc(SCC(=O)OCC(=O)N[C@H]2CCC[C@H](C)[C@@H]2C)nc2ccccc12. The standard InChI is InChI=1S/C22H28N2O3S/c1-14-7-6-10-18(16(14)3)23-20(25)12-27-22(26)13-28-21-11-15(2)17-8-4-5-9-19(17)24-21/h4-5,8-9,11,14,16,18H,6-7,10,12-13H2,1-3H3,(H,23,25)/t14-,16-,18-/m0/s1. The van der Waals surface area contributed by atoms with Crippen LogP contribution >= 0.6 is 11.8 Å². The fourth-order valence-electron chi connectivity index (χ4n) is 3.75. The van der Waals surface area contributed by atoms with E-state index < -0.39 is 5.97 Å². The lowest BCUT2D eigenvalue weighted by atomic mass is 9.78. The third kappa shape index (κ3) is 5.25. The number of amides is 1. The summed E-state index contributed by atoms with van der Waals surface area (Å²) in [5.41, 5.74) is 2.03. The number of carbonyl (C=O) groups is 2. The van der Waals surface area contributed by atoms with Gasteiger partial charge in [-0.1, -0.05) is 56.7 Å². The average Bonchev–Trinajstić information content (AvgIpc) is 2.68. The number of fused-ring (bicyclic) bond motifs is 1. The van der Waals surface area contributed by atoms with E-state index in [9.17, 15) is 9.59 Å². The Kier molecular flexibility index (Phi) is 6.94. The summed E-state index contributed by atoms with van der Waals surface area (Å²) in [7, 11) is 0. The van der Waals surface area contributed by atoms with E-state index in [2.05, 4.69) is 24.1 Å². The average molecular weight is 401 g/mol. The fraction of sp³-hybridized carbons (Fsp3) is 0.500. The van der Waals surface area contributed by atoms with Crippen molar-refractivity contribution in [3.8, 4) is 0 Å². The Morgan fingerprint density at radius 2 is 2.04 bits per heavy atom. The second kappa shape index (κ2) is 9.41. The first kappa shape index (κ1) is 20.6. The zero-order valence-electron chi connectivity index (χ0n) is 16.7. The Bertz CT molecular complexity index is 855. The van der Waals surface area contributed by atoms with Crippen LogP contribution < -0.4 is 5.32 Å². The van der Waals surface area contributed by atoms with E-state index in [1.165, 1.54) is 18.2 Å². The lowest BCUT2D eigenvalue weighted by Crippen LogP contribution is -2.45. The highest BCUT2D eigenvalue weighted by Crippen LogP contribution is 2.29. The number of aryl methyl sites for hydroxylation is 1. The topological polar surface area (TPSA) is 68.3 Å². The summed E-state index contributed by atoms with van der Waals surface area (Å²) in [4.78, 5) is 28.7. The first-order valence-electron chi connectivity index (χ1n) is 9.88. The number of rotatable bonds is 6. The largest absolute Gasteiger partial charge is 0.455 e. The van der Waals surface area contributed by atoms with Crippen molar-refractivity contribution in [3.63, 3.8) is 0 Å². The number of ether oxygens (including phenoxy) is 1. The molecule has 1 N–H and O–H groups in total. The fourth-order valence-corrected chi connectivity index (χ4v) is 4.52. The number of hydrogen-bond donors (Lipinski definition) is 1. The van der Waals surface area contributed by atoms with Crippen LogP contribution in [0.1, 0.15) is 38.7 Å². The van der Waals surface area contributed by atoms with Gasteiger partial charge in [-0.15, -0.1) is 0 Å². The summed E-state index contributed by atoms with van der Waals surface area (Å²) in [6.45, 7) is 6.21. The molecule has 2 aromatic rings. The molecule has 0 radical (unpaired) electrons. The van der Waals surface area contributed by atoms with E-state index >= 15 is 0 Å². The molecule has 150 valence electrons. The van der Waals surface area contributed by atoms with E-state index in [1.807, 2.05) is 37.3 Å². The van der Waals surface area contributed by atoms with Crippen LogP contribution in [0.5, 0.6) is 0 Å². The molecule has 1 saturated carbocycles. The van der Waals surface area contributed by atoms with Crippen molar-refractivity contribution in [3.05, 3.63) is 35.9 Å². The van der Waals surface area contributed by atoms with Crippen LogP contribution in [0, 0.1) is 18.8 Å². The number of benzene rings is 1. The van der Waals surface area contributed by atoms with Crippen LogP contribution in [-0.2, 0) is 14.3 Å². The second-order valence-corrected chi connectivity index (χ2v) is 8.68. The monoisotopic (exact) mass is 400 g/mol. The molecule has 5 nitrogen and oxygen atoms in total. The Morgan fingerprint density at radius 3 is 2.86 bits per heavy atom. The van der Waals surface area contributed by atoms with Gasteiger partial charge in [0.15, 0.2) is 6.61 Å². The molecular formula is C22H28N2O3S. The molecule has 3 atom stereocenters. The van der Waals surface area contributed by atoms with Gasteiger partial charge in [-0.25, -0.2) is 4.98 Å². The smallest absolute Gasteiger partial charge is 0.316 e. The molecule has 1 aliphatic rings. The third-order valence-electron chi connectivity index (χ3n) is 5.65. The quantitative estimate of drug-likeness (QED) is 0.584. The van der Waals surface area contributed by atoms with Crippen molar-refractivity contribution in [2.24, 2.45) is 11.8 Å². The minimum atomic E-state index is -0.405. The van der Waals surface area contributed by atoms with Crippen molar-refractivity contribution in [2.45, 2.75) is 51.1 Å². The molecule has 1 amide bonds. The number of carbonyl (C=O) groups excluding carboxylic acids is 2. The molecule has 1 aliphatic carbocycles. The molecule has 1 fully saturated rings. The van der Waals surface area contributed by atoms with Gasteiger partial charge in [0.1, 0.15) is 0 Å². The van der Waals surface area contributed by atoms with Crippen molar-refractivity contribution in [2.75, 3.05) is 12.4 Å². The molecule has 6 heteroatoms. The molecule has 3 rings (SSSR count). The first-order valence-corrected chi connectivity index (χ1v) is 10.9. The summed E-state index contributed by atoms with van der Waals surface area (Å²) in [6, 6.07) is 10.1. The summed E-state index contributed by atoms with van der Waals surface area (Å²) in [5.74, 6) is 0.568. The normalized spacial score (nSPS) is 22.0. The molecule has 28 heavy (non-hydrogen) atoms. The molecule has 0 bridgehead atoms. The number of esters is 1. The molecule has 0 spiro atoms. The first-order chi connectivity index (χ1) is 13.4. The molecule has 1 aromatic carbocycles. The van der Waals surface area contributed by atoms with Crippen molar-refractivity contribution in [1.29, 1.82) is 0 Å². The van der Waals surface area contributed by atoms with Crippen molar-refractivity contribution < 1.29 is 14.3 Å². The van der Waals surface area contributed by atoms with Gasteiger partial charge in [0.05, 0.1) is 16.3 Å². The van der Waals surface area contributed by atoms with E-state index in [-0.39, 0.29) is 24.3 Å². The minimum absolute atomic E-state index is 0.134. The van der Waals surface area contributed by atoms with Crippen molar-refractivity contribution in [1.82, 2.24) is 10.3 Å². The number of hydrogen-bond acceptors (Lipinski definition) is 5. The maximum atomic E-state index is 12.1. The number of nitrogens with zero attached hydrogens (tertiary/aromatic N) is 1. The number of aromatic nitrogens is 1. The lowest BCUT2D eigenvalue weighted by Gasteiger charge is -2.34. The molecule has 0 unspecified atom stereocenters. The Balaban J connectivity index is 1.45. The number of nitrogens with one attached hydrogen (secondary N) is 1. The molecule has 0 aliphatic heterocycles. The highest BCUT2D eigenvalue weighted by molar-refractivity contribution is 7.99. The van der Waals surface area contributed by atoms with Gasteiger partial charge in [-0.3, -0.25) is 9.59 Å². The molecule has 1 heterocycles. The predicted molar refractivity (Wildman–Crippen MR) is 112 cm³/mol. The molecule has 0 saturated heterocycles. The van der Waals surface area contributed by atoms with Crippen LogP contribution in [0.15, 0.2) is 35.4 Å². The van der Waals surface area contributed by atoms with Crippen LogP contribution in [0.4, 0.5) is 0 Å². The number of thioether (sulfide) groups is 1. The van der Waals surface area contributed by atoms with Crippen molar-refractivity contribution >= 4 is 34.5 Å². The molecule has 1 aromatic heterocycles. The van der Waals surface area contributed by atoms with Gasteiger partial charge < -0.3 is 10.1 Å². The second-order valence-electron chi connectivity index (χ2n) is 7.69. The van der Waals surface area contributed by atoms with Crippen LogP contribution in [0.25, 0.3) is 10.9 Å². The van der Waals surface area contributed by atoms with Crippen LogP contribution in [-0.4, -0.2) is 35.3 Å². The van der Waals surface area contributed by atoms with Gasteiger partial charge in [-0.2, -0.15) is 0 Å². The maximum absolute atomic E-state index is 12.1. The van der Waals surface area contributed by atoms with Crippen LogP contribution in [0.3, 0.4) is 0 Å². The van der Waals surface area contributed by atoms with E-state index in [0.29, 0.717) is 11.8 Å². The van der Waals surface area contributed by atoms with Crippen LogP contribution in [0.2, 0.25) is 0 Å². The number of para-hydroxylation sites is 1. The highest BCUT2D eigenvalue weighted by Gasteiger charge is 2.28. The summed E-state index contributed by atoms with van der Waals surface area (Å²) in [6.07, 6.45) is 3.33. The molecular weight excluding hydrogens is 372 g/mol. The Hall–Kier alpha value is -2.08. The van der Waals surface area contributed by atoms with E-state index in [0.717, 1.165) is 34.3 Å². The highest BCUT2D eigenvalue weighted by atomic mass is 32.2. The Morgan fingerprint density at radius 1 is 1.25 bits per heavy atom. The van der Waals surface area contributed by atoms with E-state index in [1.54, 1.807) is 0 Å². The maximum Gasteiger partial charge on any atom is 0.316 e. The predicted octanol–water partition coefficient (Wildman–Crippen LogP) is 4.12. The Labute approximate surface area is 170 Å². The minimum Gasteiger partial charge on any atom is -0.455 e.